The Kier molecular flexibility index (Phi) is 4.18. The minimum Gasteiger partial charge on any atom is -0.497 e. The minimum atomic E-state index is -0.196. The lowest BCUT2D eigenvalue weighted by molar-refractivity contribution is -0.146. The summed E-state index contributed by atoms with van der Waals surface area (Å²) in [5, 5.41) is 8.53. The largest absolute Gasteiger partial charge is 0.497 e. The third kappa shape index (κ3) is 2.86. The summed E-state index contributed by atoms with van der Waals surface area (Å²) in [4.78, 5) is 11.8. The summed E-state index contributed by atoms with van der Waals surface area (Å²) in [6, 6.07) is 5.55. The molecule has 122 valence electrons. The van der Waals surface area contributed by atoms with Crippen molar-refractivity contribution in [2.45, 2.75) is 19.4 Å². The van der Waals surface area contributed by atoms with Crippen molar-refractivity contribution < 1.29 is 19.0 Å². The lowest BCUT2D eigenvalue weighted by Crippen LogP contribution is -2.28. The molecule has 1 atom stereocenters. The van der Waals surface area contributed by atoms with Crippen molar-refractivity contribution in [3.8, 4) is 22.9 Å². The predicted octanol–water partition coefficient (Wildman–Crippen LogP) is 1.70. The van der Waals surface area contributed by atoms with Gasteiger partial charge in [-0.25, -0.2) is 0 Å². The maximum Gasteiger partial charge on any atom is 0.310 e. The van der Waals surface area contributed by atoms with Gasteiger partial charge in [-0.1, -0.05) is 0 Å². The van der Waals surface area contributed by atoms with Crippen LogP contribution in [0.2, 0.25) is 0 Å². The Hall–Kier alpha value is -2.57. The second kappa shape index (κ2) is 6.28. The van der Waals surface area contributed by atoms with E-state index < -0.39 is 0 Å². The SMILES string of the molecule is COC(=O)C1CCc2nnc(-c3cc(OC)cc(OC)c3)n2C1. The molecule has 1 aromatic heterocycles. The maximum absolute atomic E-state index is 11.8. The topological polar surface area (TPSA) is 75.5 Å². The Labute approximate surface area is 134 Å². The number of methoxy groups -OCH3 is 3. The smallest absolute Gasteiger partial charge is 0.310 e. The molecule has 0 saturated carbocycles. The summed E-state index contributed by atoms with van der Waals surface area (Å²) >= 11 is 0. The third-order valence-corrected chi connectivity index (χ3v) is 4.09. The quantitative estimate of drug-likeness (QED) is 0.799. The molecule has 3 rings (SSSR count). The Morgan fingerprint density at radius 2 is 1.83 bits per heavy atom. The molecule has 7 heteroatoms. The zero-order valence-electron chi connectivity index (χ0n) is 13.4. The van der Waals surface area contributed by atoms with Gasteiger partial charge in [0.05, 0.1) is 27.2 Å². The molecule has 0 spiro atoms. The summed E-state index contributed by atoms with van der Waals surface area (Å²) < 4.78 is 17.4. The molecular weight excluding hydrogens is 298 g/mol. The van der Waals surface area contributed by atoms with Crippen molar-refractivity contribution in [3.63, 3.8) is 0 Å². The number of carbonyl (C=O) groups excluding carboxylic acids is 1. The zero-order valence-corrected chi connectivity index (χ0v) is 13.4. The van der Waals surface area contributed by atoms with E-state index in [1.807, 2.05) is 16.7 Å². The molecule has 2 heterocycles. The van der Waals surface area contributed by atoms with Crippen LogP contribution in [0.4, 0.5) is 0 Å². The van der Waals surface area contributed by atoms with E-state index in [2.05, 4.69) is 10.2 Å². The highest BCUT2D eigenvalue weighted by atomic mass is 16.5. The maximum atomic E-state index is 11.8. The van der Waals surface area contributed by atoms with E-state index in [1.165, 1.54) is 7.11 Å². The van der Waals surface area contributed by atoms with Crippen LogP contribution in [0.5, 0.6) is 11.5 Å². The Morgan fingerprint density at radius 1 is 1.13 bits per heavy atom. The zero-order chi connectivity index (χ0) is 16.4. The van der Waals surface area contributed by atoms with E-state index in [0.717, 1.165) is 17.8 Å². The molecule has 2 aromatic rings. The number of benzene rings is 1. The first kappa shape index (κ1) is 15.3. The second-order valence-corrected chi connectivity index (χ2v) is 5.41. The number of hydrogen-bond acceptors (Lipinski definition) is 6. The molecule has 0 aliphatic carbocycles. The first-order valence-corrected chi connectivity index (χ1v) is 7.39. The van der Waals surface area contributed by atoms with Crippen LogP contribution in [0.1, 0.15) is 12.2 Å². The minimum absolute atomic E-state index is 0.172. The van der Waals surface area contributed by atoms with Crippen LogP contribution in [-0.2, 0) is 22.5 Å². The van der Waals surface area contributed by atoms with Crippen molar-refractivity contribution in [2.24, 2.45) is 5.92 Å². The van der Waals surface area contributed by atoms with Crippen LogP contribution in [0.25, 0.3) is 11.4 Å². The average molecular weight is 317 g/mol. The highest BCUT2D eigenvalue weighted by Crippen LogP contribution is 2.31. The number of esters is 1. The summed E-state index contributed by atoms with van der Waals surface area (Å²) in [6.45, 7) is 0.518. The summed E-state index contributed by atoms with van der Waals surface area (Å²) in [6.07, 6.45) is 1.43. The Bertz CT molecular complexity index is 704. The number of aryl methyl sites for hydroxylation is 1. The molecular formula is C16H19N3O4. The van der Waals surface area contributed by atoms with Gasteiger partial charge < -0.3 is 18.8 Å². The third-order valence-electron chi connectivity index (χ3n) is 4.09. The van der Waals surface area contributed by atoms with Crippen LogP contribution in [-0.4, -0.2) is 42.1 Å². The molecule has 1 aliphatic rings. The fourth-order valence-corrected chi connectivity index (χ4v) is 2.84. The van der Waals surface area contributed by atoms with Crippen molar-refractivity contribution in [1.29, 1.82) is 0 Å². The highest BCUT2D eigenvalue weighted by molar-refractivity contribution is 5.72. The first-order chi connectivity index (χ1) is 11.2. The van der Waals surface area contributed by atoms with Gasteiger partial charge >= 0.3 is 5.97 Å². The van der Waals surface area contributed by atoms with Gasteiger partial charge in [-0.2, -0.15) is 0 Å². The predicted molar refractivity (Wildman–Crippen MR) is 82.4 cm³/mol. The molecule has 0 saturated heterocycles. The highest BCUT2D eigenvalue weighted by Gasteiger charge is 2.28. The van der Waals surface area contributed by atoms with Gasteiger partial charge in [0, 0.05) is 24.6 Å². The fourth-order valence-electron chi connectivity index (χ4n) is 2.84. The lowest BCUT2D eigenvalue weighted by atomic mass is 9.99. The molecule has 0 bridgehead atoms. The molecule has 23 heavy (non-hydrogen) atoms. The van der Waals surface area contributed by atoms with Crippen molar-refractivity contribution >= 4 is 5.97 Å². The van der Waals surface area contributed by atoms with Gasteiger partial charge in [-0.05, 0) is 18.6 Å². The van der Waals surface area contributed by atoms with Crippen molar-refractivity contribution in [2.75, 3.05) is 21.3 Å². The van der Waals surface area contributed by atoms with Gasteiger partial charge in [0.1, 0.15) is 17.3 Å². The number of aromatic nitrogens is 3. The van der Waals surface area contributed by atoms with E-state index in [4.69, 9.17) is 14.2 Å². The van der Waals surface area contributed by atoms with E-state index >= 15 is 0 Å². The van der Waals surface area contributed by atoms with E-state index in [0.29, 0.717) is 30.3 Å². The van der Waals surface area contributed by atoms with Gasteiger partial charge in [-0.15, -0.1) is 10.2 Å². The van der Waals surface area contributed by atoms with Crippen LogP contribution in [0, 0.1) is 5.92 Å². The normalized spacial score (nSPS) is 16.6. The number of rotatable bonds is 4. The van der Waals surface area contributed by atoms with Gasteiger partial charge in [-0.3, -0.25) is 4.79 Å². The number of nitrogens with zero attached hydrogens (tertiary/aromatic N) is 3. The monoisotopic (exact) mass is 317 g/mol. The van der Waals surface area contributed by atoms with Gasteiger partial charge in [0.15, 0.2) is 5.82 Å². The number of fused-ring (bicyclic) bond motifs is 1. The molecule has 1 aliphatic heterocycles. The molecule has 0 N–H and O–H groups in total. The number of hydrogen-bond donors (Lipinski definition) is 0. The van der Waals surface area contributed by atoms with Gasteiger partial charge in [0.25, 0.3) is 0 Å². The fraction of sp³-hybridized carbons (Fsp3) is 0.438. The average Bonchev–Trinajstić information content (AvgIpc) is 3.03. The molecule has 0 amide bonds. The first-order valence-electron chi connectivity index (χ1n) is 7.39. The Morgan fingerprint density at radius 3 is 2.43 bits per heavy atom. The molecule has 1 unspecified atom stereocenters. The second-order valence-electron chi connectivity index (χ2n) is 5.41. The molecule has 7 nitrogen and oxygen atoms in total. The number of ether oxygens (including phenoxy) is 3. The van der Waals surface area contributed by atoms with Crippen LogP contribution < -0.4 is 9.47 Å². The lowest BCUT2D eigenvalue weighted by Gasteiger charge is -2.22. The Balaban J connectivity index is 2.00. The van der Waals surface area contributed by atoms with Crippen LogP contribution in [0.3, 0.4) is 0 Å². The van der Waals surface area contributed by atoms with Crippen LogP contribution in [0.15, 0.2) is 18.2 Å². The molecule has 0 fully saturated rings. The summed E-state index contributed by atoms with van der Waals surface area (Å²) in [7, 11) is 4.62. The van der Waals surface area contributed by atoms with Crippen LogP contribution >= 0.6 is 0 Å². The summed E-state index contributed by atoms with van der Waals surface area (Å²) in [5.41, 5.74) is 0.838. The standard InChI is InChI=1S/C16H19N3O4/c1-21-12-6-11(7-13(8-12)22-2)15-18-17-14-5-4-10(9-19(14)15)16(20)23-3/h6-8,10H,4-5,9H2,1-3H3. The van der Waals surface area contributed by atoms with E-state index in [9.17, 15) is 4.79 Å². The van der Waals surface area contributed by atoms with E-state index in [1.54, 1.807) is 20.3 Å². The molecule has 1 aromatic carbocycles. The van der Waals surface area contributed by atoms with Gasteiger partial charge in [0.2, 0.25) is 0 Å². The number of carbonyl (C=O) groups is 1. The summed E-state index contributed by atoms with van der Waals surface area (Å²) in [5.74, 6) is 2.56. The van der Waals surface area contributed by atoms with Crippen molar-refractivity contribution in [3.05, 3.63) is 24.0 Å². The molecule has 0 radical (unpaired) electrons. The van der Waals surface area contributed by atoms with E-state index in [-0.39, 0.29) is 11.9 Å². The van der Waals surface area contributed by atoms with Crippen molar-refractivity contribution in [1.82, 2.24) is 14.8 Å².